The van der Waals surface area contributed by atoms with Crippen molar-refractivity contribution in [3.05, 3.63) is 29.6 Å². The van der Waals surface area contributed by atoms with Gasteiger partial charge >= 0.3 is 0 Å². The maximum absolute atomic E-state index is 13.8. The second kappa shape index (κ2) is 6.42. The van der Waals surface area contributed by atoms with Crippen LogP contribution in [0.4, 0.5) is 4.39 Å². The van der Waals surface area contributed by atoms with Crippen molar-refractivity contribution in [2.75, 3.05) is 0 Å². The predicted molar refractivity (Wildman–Crippen MR) is 78.6 cm³/mol. The summed E-state index contributed by atoms with van der Waals surface area (Å²) in [7, 11) is -3.92. The summed E-state index contributed by atoms with van der Waals surface area (Å²) in [5.41, 5.74) is 0.377. The van der Waals surface area contributed by atoms with Crippen LogP contribution in [-0.4, -0.2) is 19.6 Å². The number of sulfonamides is 1. The third-order valence-corrected chi connectivity index (χ3v) is 5.99. The number of hydrogen-bond donors (Lipinski definition) is 2. The average molecular weight is 315 g/mol. The van der Waals surface area contributed by atoms with Gasteiger partial charge in [-0.25, -0.2) is 17.5 Å². The molecule has 0 amide bonds. The standard InChI is InChI=1S/C15H22FNO3S/c1-10-4-3-5-14(11(10)2)17-21(19,20)15-8-12(9-18)6-7-13(15)16/h6-8,10-11,14,17-18H,3-5,9H2,1-2H3. The van der Waals surface area contributed by atoms with Crippen molar-refractivity contribution in [3.63, 3.8) is 0 Å². The highest BCUT2D eigenvalue weighted by atomic mass is 32.2. The van der Waals surface area contributed by atoms with Gasteiger partial charge in [0.1, 0.15) is 10.7 Å². The monoisotopic (exact) mass is 315 g/mol. The topological polar surface area (TPSA) is 66.4 Å². The minimum absolute atomic E-state index is 0.170. The molecule has 1 fully saturated rings. The summed E-state index contributed by atoms with van der Waals surface area (Å²) in [6.07, 6.45) is 2.83. The number of aliphatic hydroxyl groups is 1. The molecule has 0 radical (unpaired) electrons. The van der Waals surface area contributed by atoms with Crippen molar-refractivity contribution in [3.8, 4) is 0 Å². The number of aliphatic hydroxyl groups excluding tert-OH is 1. The van der Waals surface area contributed by atoms with Crippen LogP contribution in [0, 0.1) is 17.7 Å². The van der Waals surface area contributed by atoms with Crippen LogP contribution in [0.5, 0.6) is 0 Å². The molecule has 1 aromatic carbocycles. The second-order valence-corrected chi connectivity index (χ2v) is 7.60. The Morgan fingerprint density at radius 1 is 1.33 bits per heavy atom. The van der Waals surface area contributed by atoms with Gasteiger partial charge in [-0.2, -0.15) is 0 Å². The summed E-state index contributed by atoms with van der Waals surface area (Å²) in [6.45, 7) is 3.81. The molecule has 0 bridgehead atoms. The highest BCUT2D eigenvalue weighted by Gasteiger charge is 2.31. The van der Waals surface area contributed by atoms with E-state index in [2.05, 4.69) is 11.6 Å². The summed E-state index contributed by atoms with van der Waals surface area (Å²) in [5.74, 6) is -0.131. The molecule has 0 aliphatic heterocycles. The summed E-state index contributed by atoms with van der Waals surface area (Å²) in [5, 5.41) is 9.08. The molecule has 118 valence electrons. The Morgan fingerprint density at radius 3 is 2.71 bits per heavy atom. The van der Waals surface area contributed by atoms with Gasteiger partial charge in [0.15, 0.2) is 0 Å². The van der Waals surface area contributed by atoms with Crippen LogP contribution in [-0.2, 0) is 16.6 Å². The number of nitrogens with one attached hydrogen (secondary N) is 1. The molecule has 0 heterocycles. The van der Waals surface area contributed by atoms with Gasteiger partial charge in [0, 0.05) is 6.04 Å². The first-order chi connectivity index (χ1) is 9.85. The summed E-state index contributed by atoms with van der Waals surface area (Å²) in [6, 6.07) is 3.47. The van der Waals surface area contributed by atoms with Gasteiger partial charge in [0.2, 0.25) is 10.0 Å². The molecule has 2 rings (SSSR count). The fourth-order valence-corrected chi connectivity index (χ4v) is 4.35. The Balaban J connectivity index is 2.26. The number of halogens is 1. The quantitative estimate of drug-likeness (QED) is 0.897. The van der Waals surface area contributed by atoms with Crippen LogP contribution >= 0.6 is 0 Å². The van der Waals surface area contributed by atoms with Gasteiger partial charge in [-0.1, -0.05) is 32.8 Å². The molecule has 21 heavy (non-hydrogen) atoms. The zero-order chi connectivity index (χ0) is 15.6. The molecular weight excluding hydrogens is 293 g/mol. The third kappa shape index (κ3) is 3.62. The second-order valence-electron chi connectivity index (χ2n) is 5.92. The summed E-state index contributed by atoms with van der Waals surface area (Å²) in [4.78, 5) is -0.389. The van der Waals surface area contributed by atoms with Crippen molar-refractivity contribution in [1.82, 2.24) is 4.72 Å². The lowest BCUT2D eigenvalue weighted by atomic mass is 9.78. The fraction of sp³-hybridized carbons (Fsp3) is 0.600. The van der Waals surface area contributed by atoms with Crippen molar-refractivity contribution in [2.45, 2.75) is 50.7 Å². The number of rotatable bonds is 4. The molecule has 6 heteroatoms. The molecule has 3 unspecified atom stereocenters. The van der Waals surface area contributed by atoms with E-state index in [1.807, 2.05) is 6.92 Å². The molecule has 0 aromatic heterocycles. The molecular formula is C15H22FNO3S. The maximum Gasteiger partial charge on any atom is 0.243 e. The first kappa shape index (κ1) is 16.4. The largest absolute Gasteiger partial charge is 0.392 e. The highest BCUT2D eigenvalue weighted by Crippen LogP contribution is 2.30. The lowest BCUT2D eigenvalue weighted by molar-refractivity contribution is 0.227. The van der Waals surface area contributed by atoms with E-state index in [0.29, 0.717) is 11.5 Å². The van der Waals surface area contributed by atoms with E-state index < -0.39 is 15.8 Å². The van der Waals surface area contributed by atoms with Gasteiger partial charge in [-0.05, 0) is 36.0 Å². The third-order valence-electron chi connectivity index (χ3n) is 4.48. The van der Waals surface area contributed by atoms with Gasteiger partial charge in [-0.15, -0.1) is 0 Å². The number of benzene rings is 1. The predicted octanol–water partition coefficient (Wildman–Crippen LogP) is 2.42. The van der Waals surface area contributed by atoms with E-state index >= 15 is 0 Å². The molecule has 4 nitrogen and oxygen atoms in total. The fourth-order valence-electron chi connectivity index (χ4n) is 2.86. The highest BCUT2D eigenvalue weighted by molar-refractivity contribution is 7.89. The van der Waals surface area contributed by atoms with Crippen LogP contribution in [0.1, 0.15) is 38.7 Å². The first-order valence-corrected chi connectivity index (χ1v) is 8.75. The number of hydrogen-bond acceptors (Lipinski definition) is 3. The van der Waals surface area contributed by atoms with Crippen molar-refractivity contribution >= 4 is 10.0 Å². The van der Waals surface area contributed by atoms with Crippen molar-refractivity contribution < 1.29 is 17.9 Å². The van der Waals surface area contributed by atoms with Gasteiger partial charge in [0.25, 0.3) is 0 Å². The summed E-state index contributed by atoms with van der Waals surface area (Å²) < 4.78 is 41.3. The SMILES string of the molecule is CC1CCCC(NS(=O)(=O)c2cc(CO)ccc2F)C1C. The van der Waals surface area contributed by atoms with Gasteiger partial charge in [0.05, 0.1) is 6.61 Å². The smallest absolute Gasteiger partial charge is 0.243 e. The molecule has 3 atom stereocenters. The molecule has 1 saturated carbocycles. The Kier molecular flexibility index (Phi) is 5.01. The summed E-state index contributed by atoms with van der Waals surface area (Å²) >= 11 is 0. The Bertz CT molecular complexity index is 603. The minimum Gasteiger partial charge on any atom is -0.392 e. The van der Waals surface area contributed by atoms with Crippen molar-refractivity contribution in [1.29, 1.82) is 0 Å². The van der Waals surface area contributed by atoms with E-state index in [1.165, 1.54) is 12.1 Å². The van der Waals surface area contributed by atoms with Crippen LogP contribution in [0.25, 0.3) is 0 Å². The van der Waals surface area contributed by atoms with Crippen LogP contribution in [0.3, 0.4) is 0 Å². The Labute approximate surface area is 125 Å². The lowest BCUT2D eigenvalue weighted by Gasteiger charge is -2.34. The van der Waals surface area contributed by atoms with Gasteiger partial charge in [-0.3, -0.25) is 0 Å². The molecule has 1 aliphatic carbocycles. The normalized spacial score (nSPS) is 26.8. The van der Waals surface area contributed by atoms with Gasteiger partial charge < -0.3 is 5.11 Å². The van der Waals surface area contributed by atoms with Crippen LogP contribution < -0.4 is 4.72 Å². The first-order valence-electron chi connectivity index (χ1n) is 7.26. The minimum atomic E-state index is -3.92. The van der Waals surface area contributed by atoms with E-state index in [9.17, 15) is 12.8 Å². The van der Waals surface area contributed by atoms with E-state index in [4.69, 9.17) is 5.11 Å². The van der Waals surface area contributed by atoms with Crippen LogP contribution in [0.15, 0.2) is 23.1 Å². The Hall–Kier alpha value is -0.980. The molecule has 0 spiro atoms. The van der Waals surface area contributed by atoms with E-state index in [-0.39, 0.29) is 23.5 Å². The Morgan fingerprint density at radius 2 is 2.05 bits per heavy atom. The molecule has 1 aliphatic rings. The lowest BCUT2D eigenvalue weighted by Crippen LogP contribution is -2.43. The zero-order valence-corrected chi connectivity index (χ0v) is 13.2. The van der Waals surface area contributed by atoms with E-state index in [1.54, 1.807) is 0 Å². The molecule has 0 saturated heterocycles. The van der Waals surface area contributed by atoms with E-state index in [0.717, 1.165) is 25.3 Å². The molecule has 2 N–H and O–H groups in total. The molecule has 1 aromatic rings. The zero-order valence-electron chi connectivity index (χ0n) is 12.3. The van der Waals surface area contributed by atoms with Crippen LogP contribution in [0.2, 0.25) is 0 Å². The maximum atomic E-state index is 13.8. The average Bonchev–Trinajstić information content (AvgIpc) is 2.44. The van der Waals surface area contributed by atoms with Crippen molar-refractivity contribution in [2.24, 2.45) is 11.8 Å².